The molecule has 0 saturated carbocycles. The van der Waals surface area contributed by atoms with Crippen LogP contribution in [-0.4, -0.2) is 29.5 Å². The maximum atomic E-state index is 12.9. The molecule has 1 amide bonds. The van der Waals surface area contributed by atoms with Crippen molar-refractivity contribution >= 4 is 16.7 Å². The highest BCUT2D eigenvalue weighted by Gasteiger charge is 2.17. The second kappa shape index (κ2) is 6.08. The van der Waals surface area contributed by atoms with E-state index in [0.717, 1.165) is 10.9 Å². The van der Waals surface area contributed by atoms with Gasteiger partial charge in [-0.15, -0.1) is 0 Å². The summed E-state index contributed by atoms with van der Waals surface area (Å²) in [6.45, 7) is 0.374. The lowest BCUT2D eigenvalue weighted by Gasteiger charge is -2.17. The van der Waals surface area contributed by atoms with E-state index in [0.29, 0.717) is 17.6 Å². The van der Waals surface area contributed by atoms with Crippen LogP contribution in [0.2, 0.25) is 0 Å². The van der Waals surface area contributed by atoms with E-state index in [1.165, 1.54) is 4.90 Å². The van der Waals surface area contributed by atoms with Crippen LogP contribution in [0.4, 0.5) is 0 Å². The van der Waals surface area contributed by atoms with Crippen LogP contribution in [0.5, 0.6) is 0 Å². The standard InChI is InChI=1S/C19H18N2O2/c1-20(2)19(23)17-12-15-10-6-7-11-16(15)18(22)21(17)13-14-8-4-3-5-9-14/h3-12H,13H2,1-2H3. The number of carbonyl (C=O) groups is 1. The lowest BCUT2D eigenvalue weighted by molar-refractivity contribution is 0.0816. The molecular weight excluding hydrogens is 288 g/mol. The highest BCUT2D eigenvalue weighted by atomic mass is 16.2. The molecule has 0 fully saturated rings. The van der Waals surface area contributed by atoms with Gasteiger partial charge in [0.05, 0.1) is 6.54 Å². The zero-order valence-electron chi connectivity index (χ0n) is 13.2. The van der Waals surface area contributed by atoms with Gasteiger partial charge >= 0.3 is 0 Å². The van der Waals surface area contributed by atoms with E-state index in [9.17, 15) is 9.59 Å². The average molecular weight is 306 g/mol. The first-order valence-electron chi connectivity index (χ1n) is 7.46. The molecule has 0 aliphatic carbocycles. The van der Waals surface area contributed by atoms with Crippen molar-refractivity contribution in [1.29, 1.82) is 0 Å². The molecule has 0 N–H and O–H groups in total. The van der Waals surface area contributed by atoms with Crippen molar-refractivity contribution < 1.29 is 4.79 Å². The Hall–Kier alpha value is -2.88. The quantitative estimate of drug-likeness (QED) is 0.746. The molecule has 0 saturated heterocycles. The molecule has 4 heteroatoms. The summed E-state index contributed by atoms with van der Waals surface area (Å²) in [6.07, 6.45) is 0. The van der Waals surface area contributed by atoms with Crippen molar-refractivity contribution in [1.82, 2.24) is 9.47 Å². The van der Waals surface area contributed by atoms with Gasteiger partial charge in [0.1, 0.15) is 5.69 Å². The van der Waals surface area contributed by atoms with Crippen molar-refractivity contribution in [3.05, 3.63) is 82.3 Å². The number of rotatable bonds is 3. The molecule has 4 nitrogen and oxygen atoms in total. The fourth-order valence-corrected chi connectivity index (χ4v) is 2.63. The fraction of sp³-hybridized carbons (Fsp3) is 0.158. The van der Waals surface area contributed by atoms with Gasteiger partial charge in [0.15, 0.2) is 0 Å². The average Bonchev–Trinajstić information content (AvgIpc) is 2.57. The van der Waals surface area contributed by atoms with E-state index in [2.05, 4.69) is 0 Å². The molecule has 0 radical (unpaired) electrons. The van der Waals surface area contributed by atoms with Gasteiger partial charge in [-0.2, -0.15) is 0 Å². The van der Waals surface area contributed by atoms with Crippen LogP contribution >= 0.6 is 0 Å². The highest BCUT2D eigenvalue weighted by Crippen LogP contribution is 2.14. The molecule has 23 heavy (non-hydrogen) atoms. The van der Waals surface area contributed by atoms with Gasteiger partial charge in [0, 0.05) is 19.5 Å². The molecule has 0 aliphatic rings. The summed E-state index contributed by atoms with van der Waals surface area (Å²) in [4.78, 5) is 26.9. The van der Waals surface area contributed by atoms with Gasteiger partial charge in [-0.3, -0.25) is 14.2 Å². The Morgan fingerprint density at radius 1 is 1.00 bits per heavy atom. The maximum Gasteiger partial charge on any atom is 0.270 e. The SMILES string of the molecule is CN(C)C(=O)c1cc2ccccc2c(=O)n1Cc1ccccc1. The van der Waals surface area contributed by atoms with Gasteiger partial charge < -0.3 is 4.90 Å². The van der Waals surface area contributed by atoms with E-state index in [1.54, 1.807) is 30.8 Å². The number of carbonyl (C=O) groups excluding carboxylic acids is 1. The Morgan fingerprint density at radius 2 is 1.65 bits per heavy atom. The summed E-state index contributed by atoms with van der Waals surface area (Å²) in [5.74, 6) is -0.177. The normalized spacial score (nSPS) is 10.7. The minimum atomic E-state index is -0.177. The zero-order valence-corrected chi connectivity index (χ0v) is 13.2. The predicted octanol–water partition coefficient (Wildman–Crippen LogP) is 2.75. The minimum absolute atomic E-state index is 0.142. The second-order valence-electron chi connectivity index (χ2n) is 5.69. The van der Waals surface area contributed by atoms with Crippen molar-refractivity contribution in [2.45, 2.75) is 6.54 Å². The smallest absolute Gasteiger partial charge is 0.270 e. The number of benzene rings is 2. The van der Waals surface area contributed by atoms with Crippen LogP contribution in [0.15, 0.2) is 65.5 Å². The minimum Gasteiger partial charge on any atom is -0.343 e. The number of fused-ring (bicyclic) bond motifs is 1. The summed E-state index contributed by atoms with van der Waals surface area (Å²) in [7, 11) is 3.38. The first kappa shape index (κ1) is 15.0. The Morgan fingerprint density at radius 3 is 2.35 bits per heavy atom. The van der Waals surface area contributed by atoms with Gasteiger partial charge in [-0.05, 0) is 23.1 Å². The van der Waals surface area contributed by atoms with E-state index < -0.39 is 0 Å². The third kappa shape index (κ3) is 2.88. The molecule has 3 aromatic rings. The topological polar surface area (TPSA) is 42.3 Å². The second-order valence-corrected chi connectivity index (χ2v) is 5.69. The Bertz CT molecular complexity index is 912. The Labute approximate surface area is 134 Å². The lowest BCUT2D eigenvalue weighted by Crippen LogP contribution is -2.32. The molecule has 3 rings (SSSR count). The summed E-state index contributed by atoms with van der Waals surface area (Å²) in [5, 5.41) is 1.41. The first-order valence-corrected chi connectivity index (χ1v) is 7.46. The van der Waals surface area contributed by atoms with E-state index >= 15 is 0 Å². The molecule has 0 aliphatic heterocycles. The molecule has 1 aromatic heterocycles. The van der Waals surface area contributed by atoms with Crippen LogP contribution in [0, 0.1) is 0 Å². The molecule has 0 spiro atoms. The van der Waals surface area contributed by atoms with Crippen LogP contribution in [-0.2, 0) is 6.54 Å². The fourth-order valence-electron chi connectivity index (χ4n) is 2.63. The molecule has 1 heterocycles. The van der Waals surface area contributed by atoms with Crippen molar-refractivity contribution in [2.24, 2.45) is 0 Å². The summed E-state index contributed by atoms with van der Waals surface area (Å²) < 4.78 is 1.56. The number of hydrogen-bond acceptors (Lipinski definition) is 2. The number of nitrogens with zero attached hydrogens (tertiary/aromatic N) is 2. The number of amides is 1. The first-order chi connectivity index (χ1) is 11.1. The molecule has 0 unspecified atom stereocenters. The summed E-state index contributed by atoms with van der Waals surface area (Å²) >= 11 is 0. The van der Waals surface area contributed by atoms with Gasteiger partial charge in [0.2, 0.25) is 0 Å². The number of aromatic nitrogens is 1. The third-order valence-electron chi connectivity index (χ3n) is 3.83. The van der Waals surface area contributed by atoms with E-state index in [-0.39, 0.29) is 11.5 Å². The molecular formula is C19H18N2O2. The molecule has 2 aromatic carbocycles. The van der Waals surface area contributed by atoms with Crippen LogP contribution in [0.25, 0.3) is 10.8 Å². The zero-order chi connectivity index (χ0) is 16.4. The van der Waals surface area contributed by atoms with Crippen LogP contribution < -0.4 is 5.56 Å². The summed E-state index contributed by atoms with van der Waals surface area (Å²) in [6, 6.07) is 18.8. The number of pyridine rings is 1. The van der Waals surface area contributed by atoms with Gasteiger partial charge in [0.25, 0.3) is 11.5 Å². The van der Waals surface area contributed by atoms with Gasteiger partial charge in [-0.1, -0.05) is 48.5 Å². The Balaban J connectivity index is 2.24. The number of hydrogen-bond donors (Lipinski definition) is 0. The monoisotopic (exact) mass is 306 g/mol. The largest absolute Gasteiger partial charge is 0.343 e. The predicted molar refractivity (Wildman–Crippen MR) is 91.8 cm³/mol. The molecule has 0 atom stereocenters. The molecule has 0 bridgehead atoms. The Kier molecular flexibility index (Phi) is 3.98. The maximum absolute atomic E-state index is 12.9. The van der Waals surface area contributed by atoms with Crippen molar-refractivity contribution in [2.75, 3.05) is 14.1 Å². The van der Waals surface area contributed by atoms with Crippen LogP contribution in [0.3, 0.4) is 0 Å². The molecule has 116 valence electrons. The van der Waals surface area contributed by atoms with Crippen LogP contribution in [0.1, 0.15) is 16.1 Å². The van der Waals surface area contributed by atoms with Crippen molar-refractivity contribution in [3.63, 3.8) is 0 Å². The third-order valence-corrected chi connectivity index (χ3v) is 3.83. The van der Waals surface area contributed by atoms with E-state index in [1.807, 2.05) is 48.5 Å². The summed E-state index contributed by atoms with van der Waals surface area (Å²) in [5.41, 5.74) is 1.25. The van der Waals surface area contributed by atoms with Crippen molar-refractivity contribution in [3.8, 4) is 0 Å². The lowest BCUT2D eigenvalue weighted by atomic mass is 10.1. The van der Waals surface area contributed by atoms with Gasteiger partial charge in [-0.25, -0.2) is 0 Å². The van der Waals surface area contributed by atoms with E-state index in [4.69, 9.17) is 0 Å². The highest BCUT2D eigenvalue weighted by molar-refractivity contribution is 5.96.